The molecule has 2 N–H and O–H groups in total. The van der Waals surface area contributed by atoms with Crippen LogP contribution >= 0.6 is 0 Å². The van der Waals surface area contributed by atoms with Crippen LogP contribution in [0.1, 0.15) is 33.6 Å². The van der Waals surface area contributed by atoms with Gasteiger partial charge in [-0.1, -0.05) is 6.92 Å². The molecule has 0 spiro atoms. The van der Waals surface area contributed by atoms with Gasteiger partial charge in [0.05, 0.1) is 0 Å². The number of halogens is 2. The Labute approximate surface area is 215 Å². The van der Waals surface area contributed by atoms with E-state index in [0.717, 1.165) is 12.8 Å². The first kappa shape index (κ1) is 35.5. The van der Waals surface area contributed by atoms with Gasteiger partial charge in [0.25, 0.3) is 0 Å². The van der Waals surface area contributed by atoms with Crippen LogP contribution in [0.3, 0.4) is 0 Å². The Morgan fingerprint density at radius 2 is 1.18 bits per heavy atom. The molecule has 2 aromatic carbocycles. The standard InChI is InChI=1S/C7H9.2C6H5FO.C6H7.2CH3.H2Si.Zr/c1-6-4-3-5-7(6)2;2*7-5-1-3-6(8)4-2-5;1-6-4-2-3-5-6;;;;/h4H,5H2,1-2H3;2*1-4,8H;4-5H,2H2,1H3;2*1H3;1H2;/q-1;;;3*-1;;. The molecule has 0 aliphatic heterocycles. The van der Waals surface area contributed by atoms with E-state index in [0.29, 0.717) is 0 Å². The van der Waals surface area contributed by atoms with Crippen molar-refractivity contribution in [2.45, 2.75) is 33.6 Å². The van der Waals surface area contributed by atoms with Gasteiger partial charge in [-0.25, -0.2) is 32.1 Å². The van der Waals surface area contributed by atoms with Gasteiger partial charge in [0.15, 0.2) is 0 Å². The molecule has 0 amide bonds. The van der Waals surface area contributed by atoms with Gasteiger partial charge in [-0.2, -0.15) is 11.6 Å². The number of allylic oxidation sites excluding steroid dienone is 8. The molecule has 0 atom stereocenters. The van der Waals surface area contributed by atoms with E-state index in [1.807, 2.05) is 13.0 Å². The third kappa shape index (κ3) is 19.2. The fraction of sp³-hybridized carbons (Fsp3) is 0.185. The summed E-state index contributed by atoms with van der Waals surface area (Å²) in [5.74, 6) is -0.483. The molecular formula is C27H34F2O2SiZr-4. The van der Waals surface area contributed by atoms with E-state index in [4.69, 9.17) is 10.2 Å². The van der Waals surface area contributed by atoms with E-state index >= 15 is 0 Å². The Balaban J connectivity index is -0.000000349. The topological polar surface area (TPSA) is 40.5 Å². The molecule has 2 aromatic rings. The van der Waals surface area contributed by atoms with E-state index in [-0.39, 0.29) is 38.0 Å². The van der Waals surface area contributed by atoms with Crippen molar-refractivity contribution in [1.82, 2.24) is 0 Å². The normalized spacial score (nSPS) is 11.9. The molecule has 0 saturated carbocycles. The molecule has 2 aliphatic rings. The van der Waals surface area contributed by atoms with Crippen LogP contribution in [0.5, 0.6) is 11.5 Å². The Morgan fingerprint density at radius 3 is 1.33 bits per heavy atom. The number of hydrogen-bond acceptors (Lipinski definition) is 2. The van der Waals surface area contributed by atoms with Crippen molar-refractivity contribution < 1.29 is 42.3 Å². The van der Waals surface area contributed by atoms with Crippen LogP contribution in [0.2, 0.25) is 0 Å². The van der Waals surface area contributed by atoms with Crippen molar-refractivity contribution in [2.24, 2.45) is 0 Å². The zero-order valence-electron chi connectivity index (χ0n) is 20.1. The summed E-state index contributed by atoms with van der Waals surface area (Å²) in [6.07, 6.45) is 14.5. The second-order valence-electron chi connectivity index (χ2n) is 6.44. The maximum absolute atomic E-state index is 12.0. The zero-order valence-corrected chi connectivity index (χ0v) is 24.0. The predicted octanol–water partition coefficient (Wildman–Crippen LogP) is 6.83. The quantitative estimate of drug-likeness (QED) is 0.280. The van der Waals surface area contributed by atoms with Crippen LogP contribution in [-0.2, 0) is 23.3 Å². The second-order valence-corrected chi connectivity index (χ2v) is 6.44. The van der Waals surface area contributed by atoms with Crippen LogP contribution < -0.4 is 0 Å². The molecule has 0 aromatic heterocycles. The Kier molecular flexibility index (Phi) is 23.5. The summed E-state index contributed by atoms with van der Waals surface area (Å²) in [5, 5.41) is 17.2. The first-order valence-corrected chi connectivity index (χ1v) is 15.4. The van der Waals surface area contributed by atoms with Crippen molar-refractivity contribution in [3.8, 4) is 11.5 Å². The molecule has 0 heterocycles. The monoisotopic (exact) mass is 546 g/mol. The fourth-order valence-electron chi connectivity index (χ4n) is 2.00. The molecule has 4 rings (SSSR count). The van der Waals surface area contributed by atoms with Gasteiger partial charge in [-0.3, -0.25) is 12.2 Å². The molecule has 33 heavy (non-hydrogen) atoms. The summed E-state index contributed by atoms with van der Waals surface area (Å²) in [4.78, 5) is 0. The fourth-order valence-corrected chi connectivity index (χ4v) is 2.00. The number of hydrogen-bond donors (Lipinski definition) is 2. The molecular weight excluding hydrogens is 514 g/mol. The van der Waals surface area contributed by atoms with Gasteiger partial charge < -0.3 is 25.1 Å². The van der Waals surface area contributed by atoms with Crippen LogP contribution in [0.25, 0.3) is 0 Å². The molecule has 0 saturated heterocycles. The van der Waals surface area contributed by atoms with Crippen molar-refractivity contribution in [1.29, 1.82) is 0 Å². The zero-order chi connectivity index (χ0) is 23.6. The summed E-state index contributed by atoms with van der Waals surface area (Å²) in [6, 6.07) is 10.0. The van der Waals surface area contributed by atoms with E-state index in [2.05, 4.69) is 45.1 Å². The summed E-state index contributed by atoms with van der Waals surface area (Å²) < 4.78 is 24.0. The first-order chi connectivity index (χ1) is 14.8. The SMILES string of the molecule is CC1=C(C)C[C-]=C1.CC1=CC[C-]=C1.Oc1ccc(F)cc1.Oc1ccc(F)cc1.[CH3-].[CH3-].[SiH2]=[Zr]. The Morgan fingerprint density at radius 1 is 0.758 bits per heavy atom. The first-order valence-electron chi connectivity index (χ1n) is 9.48. The summed E-state index contributed by atoms with van der Waals surface area (Å²) in [7, 11) is 0. The average molecular weight is 548 g/mol. The van der Waals surface area contributed by atoms with Crippen LogP contribution in [-0.4, -0.2) is 17.1 Å². The number of phenolic OH excluding ortho intramolecular Hbond substituents is 2. The number of rotatable bonds is 0. The van der Waals surface area contributed by atoms with E-state index in [9.17, 15) is 8.78 Å². The average Bonchev–Trinajstić information content (AvgIpc) is 3.40. The van der Waals surface area contributed by atoms with Gasteiger partial charge in [-0.05, 0) is 48.5 Å². The number of phenols is 2. The molecule has 180 valence electrons. The number of benzene rings is 2. The molecule has 0 fully saturated rings. The molecule has 6 heteroatoms. The van der Waals surface area contributed by atoms with Crippen molar-refractivity contribution >= 4 is 6.88 Å². The third-order valence-electron chi connectivity index (χ3n) is 3.88. The Bertz CT molecular complexity index is 799. The number of aromatic hydroxyl groups is 2. The van der Waals surface area contributed by atoms with Crippen LogP contribution in [0.15, 0.2) is 83.5 Å². The van der Waals surface area contributed by atoms with Crippen LogP contribution in [0.4, 0.5) is 8.78 Å². The van der Waals surface area contributed by atoms with Crippen molar-refractivity contribution in [3.05, 3.63) is 122 Å². The van der Waals surface area contributed by atoms with Gasteiger partial charge in [0.2, 0.25) is 0 Å². The van der Waals surface area contributed by atoms with E-state index in [1.54, 1.807) is 23.3 Å². The Hall–Kier alpha value is -2.04. The summed E-state index contributed by atoms with van der Waals surface area (Å²) in [6.45, 7) is 8.30. The molecule has 2 nitrogen and oxygen atoms in total. The van der Waals surface area contributed by atoms with E-state index in [1.165, 1.54) is 65.3 Å². The summed E-state index contributed by atoms with van der Waals surface area (Å²) in [5.41, 5.74) is 4.19. The minimum atomic E-state index is -0.331. The van der Waals surface area contributed by atoms with Crippen LogP contribution in [0, 0.1) is 38.6 Å². The molecule has 0 bridgehead atoms. The van der Waals surface area contributed by atoms with Gasteiger partial charge in [0.1, 0.15) is 23.1 Å². The van der Waals surface area contributed by atoms with Gasteiger partial charge in [-0.15, -0.1) is 26.7 Å². The predicted molar refractivity (Wildman–Crippen MR) is 134 cm³/mol. The van der Waals surface area contributed by atoms with Gasteiger partial charge >= 0.3 is 30.2 Å². The maximum atomic E-state index is 12.0. The summed E-state index contributed by atoms with van der Waals surface area (Å²) >= 11 is 1.58. The molecule has 0 radical (unpaired) electrons. The molecule has 0 unspecified atom stereocenters. The third-order valence-corrected chi connectivity index (χ3v) is 3.88. The van der Waals surface area contributed by atoms with Gasteiger partial charge in [0, 0.05) is 0 Å². The molecule has 2 aliphatic carbocycles. The minimum absolute atomic E-state index is 0. The van der Waals surface area contributed by atoms with Crippen molar-refractivity contribution in [3.63, 3.8) is 0 Å². The second kappa shape index (κ2) is 21.8. The van der Waals surface area contributed by atoms with E-state index < -0.39 is 0 Å². The van der Waals surface area contributed by atoms with Crippen molar-refractivity contribution in [2.75, 3.05) is 0 Å².